The molecule has 1 heterocycles. The summed E-state index contributed by atoms with van der Waals surface area (Å²) in [6, 6.07) is 4.09. The average Bonchev–Trinajstić information content (AvgIpc) is 2.64. The Hall–Kier alpha value is -1.31. The van der Waals surface area contributed by atoms with Gasteiger partial charge in [0.05, 0.1) is 16.8 Å². The molecule has 3 nitrogen and oxygen atoms in total. The van der Waals surface area contributed by atoms with Crippen LogP contribution in [0.2, 0.25) is 0 Å². The van der Waals surface area contributed by atoms with Crippen molar-refractivity contribution in [3.05, 3.63) is 40.4 Å². The Morgan fingerprint density at radius 2 is 1.71 bits per heavy atom. The van der Waals surface area contributed by atoms with Crippen molar-refractivity contribution >= 4 is 13.2 Å². The molecule has 0 radical (unpaired) electrons. The third-order valence-electron chi connectivity index (χ3n) is 4.81. The number of hydrogen-bond acceptors (Lipinski definition) is 3. The van der Waals surface area contributed by atoms with E-state index in [1.54, 1.807) is 12.1 Å². The zero-order valence-electron chi connectivity index (χ0n) is 14.6. The van der Waals surface area contributed by atoms with Crippen LogP contribution in [0.15, 0.2) is 23.7 Å². The Morgan fingerprint density at radius 1 is 1.17 bits per heavy atom. The van der Waals surface area contributed by atoms with E-state index < -0.39 is 30.1 Å². The second-order valence-electron chi connectivity index (χ2n) is 7.03. The maximum atomic E-state index is 13.1. The van der Waals surface area contributed by atoms with Crippen LogP contribution in [0.1, 0.15) is 44.4 Å². The van der Waals surface area contributed by atoms with E-state index in [0.717, 1.165) is 6.07 Å². The van der Waals surface area contributed by atoms with Crippen LogP contribution in [0.3, 0.4) is 0 Å². The van der Waals surface area contributed by atoms with E-state index in [0.29, 0.717) is 11.0 Å². The van der Waals surface area contributed by atoms with Crippen LogP contribution in [-0.4, -0.2) is 24.9 Å². The van der Waals surface area contributed by atoms with Crippen molar-refractivity contribution in [2.24, 2.45) is 5.73 Å². The Bertz CT molecular complexity index is 638. The molecule has 1 aromatic carbocycles. The Morgan fingerprint density at radius 3 is 2.17 bits per heavy atom. The molecule has 2 rings (SSSR count). The van der Waals surface area contributed by atoms with Gasteiger partial charge in [-0.3, -0.25) is 0 Å². The predicted octanol–water partition coefficient (Wildman–Crippen LogP) is 3.99. The lowest BCUT2D eigenvalue weighted by Gasteiger charge is -2.32. The summed E-state index contributed by atoms with van der Waals surface area (Å²) in [4.78, 5) is 0. The molecular formula is C17H23BF3NO2. The summed E-state index contributed by atoms with van der Waals surface area (Å²) in [7, 11) is -0.672. The molecule has 0 atom stereocenters. The number of nitrogens with two attached hydrogens (primary N) is 1. The van der Waals surface area contributed by atoms with Crippen LogP contribution in [0.5, 0.6) is 0 Å². The van der Waals surface area contributed by atoms with Crippen molar-refractivity contribution in [1.29, 1.82) is 0 Å². The molecule has 1 aliphatic heterocycles. The smallest absolute Gasteiger partial charge is 0.400 e. The molecule has 0 spiro atoms. The van der Waals surface area contributed by atoms with Gasteiger partial charge in [0.15, 0.2) is 0 Å². The highest BCUT2D eigenvalue weighted by Crippen LogP contribution is 2.39. The molecular weight excluding hydrogens is 318 g/mol. The van der Waals surface area contributed by atoms with Crippen LogP contribution in [-0.2, 0) is 15.5 Å². The second kappa shape index (κ2) is 6.21. The first-order valence-corrected chi connectivity index (χ1v) is 7.82. The lowest BCUT2D eigenvalue weighted by atomic mass is 9.76. The topological polar surface area (TPSA) is 44.5 Å². The highest BCUT2D eigenvalue weighted by atomic mass is 19.4. The van der Waals surface area contributed by atoms with E-state index in [1.165, 1.54) is 13.0 Å². The molecule has 1 saturated heterocycles. The van der Waals surface area contributed by atoms with Crippen molar-refractivity contribution in [3.63, 3.8) is 0 Å². The molecule has 1 aliphatic rings. The van der Waals surface area contributed by atoms with Gasteiger partial charge in [-0.05, 0) is 57.3 Å². The van der Waals surface area contributed by atoms with Gasteiger partial charge >= 0.3 is 13.3 Å². The lowest BCUT2D eigenvalue weighted by molar-refractivity contribution is -0.138. The predicted molar refractivity (Wildman–Crippen MR) is 89.3 cm³/mol. The standard InChI is InChI=1S/C17H23BF3NO2/c1-11-12(7-6-8-14(11)17(19,20)21)9-13(10-22)18-23-15(2,3)16(4,5)24-18/h6-9H,10,22H2,1-5H3. The van der Waals surface area contributed by atoms with Gasteiger partial charge in [0.25, 0.3) is 0 Å². The minimum absolute atomic E-state index is 0.131. The molecule has 0 amide bonds. The van der Waals surface area contributed by atoms with Gasteiger partial charge < -0.3 is 15.0 Å². The maximum Gasteiger partial charge on any atom is 0.491 e. The molecule has 7 heteroatoms. The number of alkyl halides is 3. The van der Waals surface area contributed by atoms with Crippen molar-refractivity contribution < 1.29 is 22.5 Å². The number of rotatable bonds is 3. The third-order valence-corrected chi connectivity index (χ3v) is 4.81. The molecule has 132 valence electrons. The zero-order chi connectivity index (χ0) is 18.3. The summed E-state index contributed by atoms with van der Waals surface area (Å²) >= 11 is 0. The molecule has 1 aromatic rings. The van der Waals surface area contributed by atoms with E-state index in [9.17, 15) is 13.2 Å². The zero-order valence-corrected chi connectivity index (χ0v) is 14.6. The number of halogens is 3. The van der Waals surface area contributed by atoms with Gasteiger partial charge in [-0.15, -0.1) is 0 Å². The molecule has 0 aliphatic carbocycles. The number of hydrogen-bond donors (Lipinski definition) is 1. The minimum atomic E-state index is -4.39. The molecule has 0 saturated carbocycles. The van der Waals surface area contributed by atoms with Gasteiger partial charge in [0.2, 0.25) is 0 Å². The highest BCUT2D eigenvalue weighted by Gasteiger charge is 2.52. The van der Waals surface area contributed by atoms with E-state index >= 15 is 0 Å². The van der Waals surface area contributed by atoms with Gasteiger partial charge in [-0.2, -0.15) is 13.2 Å². The van der Waals surface area contributed by atoms with Crippen LogP contribution < -0.4 is 5.73 Å². The fourth-order valence-electron chi connectivity index (χ4n) is 2.53. The van der Waals surface area contributed by atoms with Crippen molar-refractivity contribution in [2.45, 2.75) is 52.0 Å². The summed E-state index contributed by atoms with van der Waals surface area (Å²) in [5.41, 5.74) is 5.31. The summed E-state index contributed by atoms with van der Waals surface area (Å²) in [5, 5.41) is 0. The molecule has 0 aromatic heterocycles. The monoisotopic (exact) mass is 341 g/mol. The summed E-state index contributed by atoms with van der Waals surface area (Å²) < 4.78 is 51.0. The first kappa shape index (κ1) is 19.0. The van der Waals surface area contributed by atoms with Crippen LogP contribution in [0, 0.1) is 6.92 Å². The molecule has 2 N–H and O–H groups in total. The van der Waals surface area contributed by atoms with E-state index in [4.69, 9.17) is 15.0 Å². The summed E-state index contributed by atoms with van der Waals surface area (Å²) in [6.45, 7) is 9.24. The Labute approximate surface area is 141 Å². The minimum Gasteiger partial charge on any atom is -0.400 e. The lowest BCUT2D eigenvalue weighted by Crippen LogP contribution is -2.41. The van der Waals surface area contributed by atoms with E-state index in [-0.39, 0.29) is 12.1 Å². The van der Waals surface area contributed by atoms with Crippen molar-refractivity contribution in [3.8, 4) is 0 Å². The van der Waals surface area contributed by atoms with E-state index in [1.807, 2.05) is 27.7 Å². The highest BCUT2D eigenvalue weighted by molar-refractivity contribution is 6.55. The quantitative estimate of drug-likeness (QED) is 0.846. The maximum absolute atomic E-state index is 13.1. The van der Waals surface area contributed by atoms with Crippen LogP contribution in [0.4, 0.5) is 13.2 Å². The fourth-order valence-corrected chi connectivity index (χ4v) is 2.53. The van der Waals surface area contributed by atoms with Gasteiger partial charge in [0.1, 0.15) is 0 Å². The molecule has 0 bridgehead atoms. The largest absolute Gasteiger partial charge is 0.491 e. The average molecular weight is 341 g/mol. The van der Waals surface area contributed by atoms with Gasteiger partial charge in [0, 0.05) is 6.54 Å². The van der Waals surface area contributed by atoms with Crippen molar-refractivity contribution in [2.75, 3.05) is 6.54 Å². The second-order valence-corrected chi connectivity index (χ2v) is 7.03. The molecule has 1 fully saturated rings. The normalized spacial score (nSPS) is 20.5. The fraction of sp³-hybridized carbons (Fsp3) is 0.529. The molecule has 0 unspecified atom stereocenters. The Balaban J connectivity index is 2.40. The Kier molecular flexibility index (Phi) is 4.92. The van der Waals surface area contributed by atoms with Crippen LogP contribution >= 0.6 is 0 Å². The van der Waals surface area contributed by atoms with Crippen LogP contribution in [0.25, 0.3) is 6.08 Å². The first-order valence-electron chi connectivity index (χ1n) is 7.82. The summed E-state index contributed by atoms with van der Waals surface area (Å²) in [6.07, 6.45) is -2.76. The first-order chi connectivity index (χ1) is 10.9. The van der Waals surface area contributed by atoms with E-state index in [2.05, 4.69) is 0 Å². The van der Waals surface area contributed by atoms with Gasteiger partial charge in [-0.1, -0.05) is 18.2 Å². The van der Waals surface area contributed by atoms with Gasteiger partial charge in [-0.25, -0.2) is 0 Å². The number of benzene rings is 1. The summed E-state index contributed by atoms with van der Waals surface area (Å²) in [5.74, 6) is 0. The third kappa shape index (κ3) is 3.53. The SMILES string of the molecule is Cc1c(C=C(CN)B2OC(C)(C)C(C)(C)O2)cccc1C(F)(F)F. The molecule has 24 heavy (non-hydrogen) atoms. The van der Waals surface area contributed by atoms with Crippen molar-refractivity contribution in [1.82, 2.24) is 0 Å².